The number of ketones is 1. The first-order valence-electron chi connectivity index (χ1n) is 11.0. The first kappa shape index (κ1) is 20.7. The van der Waals surface area contributed by atoms with E-state index in [0.29, 0.717) is 29.5 Å². The van der Waals surface area contributed by atoms with Crippen molar-refractivity contribution in [3.8, 4) is 0 Å². The predicted molar refractivity (Wildman–Crippen MR) is 112 cm³/mol. The molecule has 0 saturated heterocycles. The molecule has 4 heteroatoms. The van der Waals surface area contributed by atoms with Crippen molar-refractivity contribution < 1.29 is 9.90 Å². The summed E-state index contributed by atoms with van der Waals surface area (Å²) in [6.07, 6.45) is 7.93. The number of carbonyl (C=O) groups excluding carboxylic acids is 1. The monoisotopic (exact) mass is 374 g/mol. The summed E-state index contributed by atoms with van der Waals surface area (Å²) in [6, 6.07) is 0. The summed E-state index contributed by atoms with van der Waals surface area (Å²) in [5, 5.41) is 10.6. The van der Waals surface area contributed by atoms with E-state index in [1.807, 2.05) is 27.9 Å². The lowest BCUT2D eigenvalue weighted by molar-refractivity contribution is -0.135. The zero-order valence-corrected chi connectivity index (χ0v) is 17.9. The van der Waals surface area contributed by atoms with Crippen LogP contribution in [0, 0.1) is 34.5 Å². The molecule has 1 N–H and O–H groups in total. The average molecular weight is 375 g/mol. The van der Waals surface area contributed by atoms with Crippen molar-refractivity contribution in [2.75, 3.05) is 20.7 Å². The van der Waals surface area contributed by atoms with Gasteiger partial charge in [-0.05, 0) is 62.7 Å². The van der Waals surface area contributed by atoms with Crippen molar-refractivity contribution in [2.24, 2.45) is 44.5 Å². The lowest BCUT2D eigenvalue weighted by atomic mass is 9.44. The van der Waals surface area contributed by atoms with Crippen LogP contribution in [0.15, 0.2) is 9.98 Å². The summed E-state index contributed by atoms with van der Waals surface area (Å²) < 4.78 is 0. The SMILES string of the molecule is CC.CN=C1CCC2(CO)C(C1)C(=NC)CC1C2CC[C@]2(C)C(=O)CCC12. The van der Waals surface area contributed by atoms with E-state index >= 15 is 0 Å². The second-order valence-electron chi connectivity index (χ2n) is 9.15. The highest BCUT2D eigenvalue weighted by Crippen LogP contribution is 2.64. The molecule has 4 fully saturated rings. The van der Waals surface area contributed by atoms with Crippen LogP contribution in [0.3, 0.4) is 0 Å². The second kappa shape index (κ2) is 7.77. The maximum Gasteiger partial charge on any atom is 0.139 e. The summed E-state index contributed by atoms with van der Waals surface area (Å²) in [6.45, 7) is 6.47. The molecule has 4 saturated carbocycles. The van der Waals surface area contributed by atoms with Crippen LogP contribution in [0.1, 0.15) is 72.1 Å². The normalized spacial score (nSPS) is 46.4. The van der Waals surface area contributed by atoms with Crippen LogP contribution in [0.2, 0.25) is 0 Å². The summed E-state index contributed by atoms with van der Waals surface area (Å²) in [5.41, 5.74) is 2.40. The second-order valence-corrected chi connectivity index (χ2v) is 9.15. The fourth-order valence-corrected chi connectivity index (χ4v) is 7.18. The number of aliphatic hydroxyl groups is 1. The molecular formula is C23H38N2O2. The van der Waals surface area contributed by atoms with Gasteiger partial charge in [0.25, 0.3) is 0 Å². The number of aliphatic imine (C=N–C) groups is 2. The first-order valence-corrected chi connectivity index (χ1v) is 11.0. The van der Waals surface area contributed by atoms with Gasteiger partial charge in [-0.1, -0.05) is 20.8 Å². The van der Waals surface area contributed by atoms with Gasteiger partial charge in [-0.2, -0.15) is 0 Å². The van der Waals surface area contributed by atoms with E-state index < -0.39 is 0 Å². The molecule has 0 radical (unpaired) electrons. The maximum absolute atomic E-state index is 12.6. The van der Waals surface area contributed by atoms with Crippen molar-refractivity contribution in [2.45, 2.75) is 72.1 Å². The molecule has 5 unspecified atom stereocenters. The van der Waals surface area contributed by atoms with Crippen LogP contribution in [-0.2, 0) is 4.79 Å². The van der Waals surface area contributed by atoms with Gasteiger partial charge in [-0.25, -0.2) is 0 Å². The molecule has 0 spiro atoms. The largest absolute Gasteiger partial charge is 0.396 e. The Labute approximate surface area is 164 Å². The molecule has 4 aliphatic carbocycles. The molecule has 4 rings (SSSR count). The zero-order chi connectivity index (χ0) is 19.8. The van der Waals surface area contributed by atoms with Crippen LogP contribution in [-0.4, -0.2) is 43.0 Å². The molecule has 4 aliphatic rings. The van der Waals surface area contributed by atoms with E-state index in [9.17, 15) is 9.90 Å². The molecule has 0 bridgehead atoms. The van der Waals surface area contributed by atoms with Crippen LogP contribution >= 0.6 is 0 Å². The molecular weight excluding hydrogens is 336 g/mol. The molecule has 0 aliphatic heterocycles. The number of fused-ring (bicyclic) bond motifs is 5. The fourth-order valence-electron chi connectivity index (χ4n) is 7.18. The Bertz CT molecular complexity index is 640. The van der Waals surface area contributed by atoms with E-state index in [0.717, 1.165) is 51.4 Å². The number of aliphatic hydroxyl groups excluding tert-OH is 1. The molecule has 152 valence electrons. The Morgan fingerprint density at radius 2 is 1.78 bits per heavy atom. The Morgan fingerprint density at radius 3 is 2.41 bits per heavy atom. The van der Waals surface area contributed by atoms with E-state index in [1.54, 1.807) is 0 Å². The van der Waals surface area contributed by atoms with Gasteiger partial charge < -0.3 is 5.11 Å². The van der Waals surface area contributed by atoms with Crippen LogP contribution in [0.5, 0.6) is 0 Å². The van der Waals surface area contributed by atoms with E-state index in [2.05, 4.69) is 11.9 Å². The number of rotatable bonds is 1. The number of hydrogen-bond donors (Lipinski definition) is 1. The van der Waals surface area contributed by atoms with Gasteiger partial charge in [0, 0.05) is 55.3 Å². The standard InChI is InChI=1S/C21H32N2O2.C2H6/c1-20-8-7-16-14(15(20)4-5-19(20)25)11-18(23-3)17-10-13(22-2)6-9-21(16,17)12-24;1-2/h14-17,24H,4-12H2,1-3H3;1-2H3/t14?,15?,16?,17?,20-,21?;/m0./s1. The van der Waals surface area contributed by atoms with Crippen LogP contribution in [0.4, 0.5) is 0 Å². The van der Waals surface area contributed by atoms with Crippen LogP contribution in [0.25, 0.3) is 0 Å². The Balaban J connectivity index is 0.00000102. The summed E-state index contributed by atoms with van der Waals surface area (Å²) in [5.74, 6) is 2.37. The highest BCUT2D eigenvalue weighted by Gasteiger charge is 2.62. The van der Waals surface area contributed by atoms with Crippen LogP contribution < -0.4 is 0 Å². The predicted octanol–water partition coefficient (Wildman–Crippen LogP) is 4.35. The molecule has 0 heterocycles. The lowest BCUT2D eigenvalue weighted by Crippen LogP contribution is -2.59. The molecule has 4 nitrogen and oxygen atoms in total. The minimum Gasteiger partial charge on any atom is -0.396 e. The fraction of sp³-hybridized carbons (Fsp3) is 0.870. The summed E-state index contributed by atoms with van der Waals surface area (Å²) in [4.78, 5) is 21.8. The van der Waals surface area contributed by atoms with E-state index in [-0.39, 0.29) is 17.4 Å². The maximum atomic E-state index is 12.6. The molecule has 6 atom stereocenters. The average Bonchev–Trinajstić information content (AvgIpc) is 3.03. The van der Waals surface area contributed by atoms with Crippen molar-refractivity contribution in [1.82, 2.24) is 0 Å². The highest BCUT2D eigenvalue weighted by molar-refractivity contribution is 5.96. The molecule has 0 aromatic carbocycles. The van der Waals surface area contributed by atoms with Crippen molar-refractivity contribution in [1.29, 1.82) is 0 Å². The minimum atomic E-state index is -0.117. The third kappa shape index (κ3) is 2.94. The van der Waals surface area contributed by atoms with Crippen molar-refractivity contribution in [3.63, 3.8) is 0 Å². The smallest absolute Gasteiger partial charge is 0.139 e. The quantitative estimate of drug-likeness (QED) is 0.742. The van der Waals surface area contributed by atoms with Gasteiger partial charge in [-0.15, -0.1) is 0 Å². The summed E-state index contributed by atoms with van der Waals surface area (Å²) >= 11 is 0. The number of Topliss-reactive ketones (excluding diaryl/α,β-unsaturated/α-hetero) is 1. The Kier molecular flexibility index (Phi) is 5.96. The molecule has 27 heavy (non-hydrogen) atoms. The van der Waals surface area contributed by atoms with Crippen molar-refractivity contribution in [3.05, 3.63) is 0 Å². The van der Waals surface area contributed by atoms with Crippen molar-refractivity contribution >= 4 is 17.2 Å². The number of carbonyl (C=O) groups is 1. The Hall–Kier alpha value is -1.03. The minimum absolute atomic E-state index is 0.0427. The third-order valence-corrected chi connectivity index (χ3v) is 8.64. The Morgan fingerprint density at radius 1 is 1.04 bits per heavy atom. The van der Waals surface area contributed by atoms with Gasteiger partial charge in [0.2, 0.25) is 0 Å². The number of nitrogens with zero attached hydrogens (tertiary/aromatic N) is 2. The molecule has 0 aromatic rings. The van der Waals surface area contributed by atoms with Gasteiger partial charge in [0.1, 0.15) is 5.78 Å². The zero-order valence-electron chi connectivity index (χ0n) is 17.9. The topological polar surface area (TPSA) is 62.0 Å². The van der Waals surface area contributed by atoms with E-state index in [1.165, 1.54) is 11.4 Å². The lowest BCUT2D eigenvalue weighted by Gasteiger charge is -2.60. The van der Waals surface area contributed by atoms with Gasteiger partial charge in [0.15, 0.2) is 0 Å². The summed E-state index contributed by atoms with van der Waals surface area (Å²) in [7, 11) is 3.81. The van der Waals surface area contributed by atoms with Gasteiger partial charge in [0.05, 0.1) is 0 Å². The first-order chi connectivity index (χ1) is 13.0. The van der Waals surface area contributed by atoms with E-state index in [4.69, 9.17) is 4.99 Å². The molecule has 0 amide bonds. The highest BCUT2D eigenvalue weighted by atomic mass is 16.3. The molecule has 0 aromatic heterocycles. The number of hydrogen-bond acceptors (Lipinski definition) is 4. The third-order valence-electron chi connectivity index (χ3n) is 8.64. The van der Waals surface area contributed by atoms with Gasteiger partial charge >= 0.3 is 0 Å². The van der Waals surface area contributed by atoms with Gasteiger partial charge in [-0.3, -0.25) is 14.8 Å².